The van der Waals surface area contributed by atoms with Crippen LogP contribution < -0.4 is 19.5 Å². The van der Waals surface area contributed by atoms with Gasteiger partial charge in [0, 0.05) is 16.8 Å². The van der Waals surface area contributed by atoms with Gasteiger partial charge in [-0.05, 0) is 102 Å². The summed E-state index contributed by atoms with van der Waals surface area (Å²) in [6, 6.07) is 28.1. The van der Waals surface area contributed by atoms with Crippen LogP contribution in [0.1, 0.15) is 82.9 Å². The number of unbranched alkanes of at least 4 members (excludes halogenated alkanes) is 3. The third-order valence-corrected chi connectivity index (χ3v) is 10.0. The zero-order valence-corrected chi connectivity index (χ0v) is 34.0. The number of alkyl halides is 6. The van der Waals surface area contributed by atoms with Crippen molar-refractivity contribution in [2.24, 2.45) is 9.98 Å². The zero-order chi connectivity index (χ0) is 45.4. The van der Waals surface area contributed by atoms with E-state index < -0.39 is 54.1 Å². The maximum Gasteiger partial charge on any atom is 0.468 e. The van der Waals surface area contributed by atoms with E-state index in [0.29, 0.717) is 34.1 Å². The van der Waals surface area contributed by atoms with Crippen LogP contribution in [0.2, 0.25) is 0 Å². The number of amides is 1. The maximum atomic E-state index is 13.9. The number of hydrogen-bond acceptors (Lipinski definition) is 10. The van der Waals surface area contributed by atoms with Crippen LogP contribution in [0, 0.1) is 0 Å². The predicted octanol–water partition coefficient (Wildman–Crippen LogP) is 11.1. The molecule has 2 heterocycles. The zero-order valence-electron chi connectivity index (χ0n) is 34.0. The molecule has 2 unspecified atom stereocenters. The van der Waals surface area contributed by atoms with Crippen LogP contribution in [0.5, 0.6) is 23.0 Å². The molecule has 1 N–H and O–H groups in total. The number of carbonyl (C=O) groups excluding carboxylic acids is 3. The standard InChI is InChI=1S/C47H39F6N3O8/c1-2-3-4-5-6-28-8-17-36(18-9-28)62-37-23-15-33(16-24-37)54-41(57)38-25-29(26-60-34-19-11-30(12-20-34)39-42(58)63-44(55-39)46(48,49)50)7-10-32(38)27-61-35-21-13-31(14-22-35)40-43(59)64-45(56-40)47(51,52)53/h7-25,39-40H,2-6,26-27H2,1H3,(H,54,57). The maximum absolute atomic E-state index is 13.9. The minimum absolute atomic E-state index is 0.0436. The molecular formula is C47H39F6N3O8. The van der Waals surface area contributed by atoms with E-state index in [9.17, 15) is 40.7 Å². The Morgan fingerprint density at radius 1 is 0.609 bits per heavy atom. The van der Waals surface area contributed by atoms with Gasteiger partial charge < -0.3 is 29.0 Å². The van der Waals surface area contributed by atoms with E-state index in [2.05, 4.69) is 31.7 Å². The summed E-state index contributed by atoms with van der Waals surface area (Å²) in [6.45, 7) is 2.01. The molecule has 0 bridgehead atoms. The molecule has 0 saturated carbocycles. The second-order valence-electron chi connectivity index (χ2n) is 14.8. The second-order valence-corrected chi connectivity index (χ2v) is 14.8. The number of aryl methyl sites for hydroxylation is 1. The highest BCUT2D eigenvalue weighted by Gasteiger charge is 2.47. The number of hydrogen-bond donors (Lipinski definition) is 1. The Bertz CT molecular complexity index is 2520. The fourth-order valence-corrected chi connectivity index (χ4v) is 6.67. The van der Waals surface area contributed by atoms with E-state index in [4.69, 9.17) is 14.2 Å². The van der Waals surface area contributed by atoms with Gasteiger partial charge in [0.05, 0.1) is 0 Å². The SMILES string of the molecule is CCCCCCc1ccc(Oc2ccc(NC(=O)c3cc(COc4ccc(C5N=C(C(F)(F)F)OC5=O)cc4)ccc3COc3ccc(C4N=C(C(F)(F)F)OC4=O)cc3)cc2)cc1. The molecule has 2 atom stereocenters. The minimum Gasteiger partial charge on any atom is -0.489 e. The number of esters is 2. The van der Waals surface area contributed by atoms with E-state index in [1.807, 2.05) is 24.3 Å². The molecule has 332 valence electrons. The first-order valence-corrected chi connectivity index (χ1v) is 20.1. The van der Waals surface area contributed by atoms with Gasteiger partial charge in [0.25, 0.3) is 5.91 Å². The third kappa shape index (κ3) is 11.4. The molecule has 0 aliphatic carbocycles. The lowest BCUT2D eigenvalue weighted by molar-refractivity contribution is -0.139. The Morgan fingerprint density at radius 2 is 1.09 bits per heavy atom. The van der Waals surface area contributed by atoms with Crippen LogP contribution in [-0.4, -0.2) is 42.0 Å². The average Bonchev–Trinajstić information content (AvgIpc) is 3.88. The number of rotatable bonds is 17. The van der Waals surface area contributed by atoms with Gasteiger partial charge in [-0.25, -0.2) is 19.6 Å². The van der Waals surface area contributed by atoms with Crippen LogP contribution in [0.3, 0.4) is 0 Å². The summed E-state index contributed by atoms with van der Waals surface area (Å²) >= 11 is 0. The molecule has 5 aromatic rings. The van der Waals surface area contributed by atoms with E-state index in [1.165, 1.54) is 73.4 Å². The molecule has 0 spiro atoms. The van der Waals surface area contributed by atoms with E-state index in [1.54, 1.807) is 42.5 Å². The van der Waals surface area contributed by atoms with Crippen molar-refractivity contribution in [1.82, 2.24) is 0 Å². The van der Waals surface area contributed by atoms with Crippen LogP contribution >= 0.6 is 0 Å². The molecule has 2 aliphatic heterocycles. The number of nitrogens with one attached hydrogen (secondary N) is 1. The first-order valence-electron chi connectivity index (χ1n) is 20.1. The van der Waals surface area contributed by atoms with Crippen molar-refractivity contribution in [2.45, 2.75) is 76.7 Å². The molecule has 11 nitrogen and oxygen atoms in total. The molecule has 0 aromatic heterocycles. The molecule has 0 radical (unpaired) electrons. The van der Waals surface area contributed by atoms with Crippen molar-refractivity contribution >= 4 is 35.3 Å². The van der Waals surface area contributed by atoms with Gasteiger partial charge in [-0.15, -0.1) is 0 Å². The van der Waals surface area contributed by atoms with E-state index in [-0.39, 0.29) is 35.7 Å². The van der Waals surface area contributed by atoms with Crippen LogP contribution in [0.15, 0.2) is 125 Å². The van der Waals surface area contributed by atoms with Gasteiger partial charge in [-0.2, -0.15) is 26.3 Å². The van der Waals surface area contributed by atoms with Crippen LogP contribution in [0.4, 0.5) is 32.0 Å². The fourth-order valence-electron chi connectivity index (χ4n) is 6.67. The van der Waals surface area contributed by atoms with Crippen LogP contribution in [0.25, 0.3) is 0 Å². The molecule has 0 fully saturated rings. The number of aliphatic imine (C=N–C) groups is 2. The van der Waals surface area contributed by atoms with Gasteiger partial charge >= 0.3 is 36.1 Å². The lowest BCUT2D eigenvalue weighted by Crippen LogP contribution is -2.23. The van der Waals surface area contributed by atoms with Crippen molar-refractivity contribution < 1.29 is 64.4 Å². The minimum atomic E-state index is -4.91. The summed E-state index contributed by atoms with van der Waals surface area (Å²) < 4.78 is 105. The summed E-state index contributed by atoms with van der Waals surface area (Å²) in [5.41, 5.74) is 3.24. The monoisotopic (exact) mass is 887 g/mol. The number of halogens is 6. The Balaban J connectivity index is 1.03. The lowest BCUT2D eigenvalue weighted by Gasteiger charge is -2.15. The molecule has 7 rings (SSSR count). The highest BCUT2D eigenvalue weighted by atomic mass is 19.4. The van der Waals surface area contributed by atoms with Gasteiger partial charge in [0.2, 0.25) is 0 Å². The second kappa shape index (κ2) is 19.5. The number of carbonyl (C=O) groups is 3. The molecule has 1 amide bonds. The Morgan fingerprint density at radius 3 is 1.59 bits per heavy atom. The highest BCUT2D eigenvalue weighted by Crippen LogP contribution is 2.34. The topological polar surface area (TPSA) is 134 Å². The molecular weight excluding hydrogens is 849 g/mol. The van der Waals surface area contributed by atoms with E-state index in [0.717, 1.165) is 12.8 Å². The number of anilines is 1. The summed E-state index contributed by atoms with van der Waals surface area (Å²) in [7, 11) is 0. The predicted molar refractivity (Wildman–Crippen MR) is 221 cm³/mol. The molecule has 0 saturated heterocycles. The smallest absolute Gasteiger partial charge is 0.468 e. The Labute approximate surface area is 362 Å². The van der Waals surface area contributed by atoms with Crippen molar-refractivity contribution in [2.75, 3.05) is 5.32 Å². The first kappa shape index (κ1) is 44.9. The van der Waals surface area contributed by atoms with Gasteiger partial charge in [0.15, 0.2) is 12.1 Å². The highest BCUT2D eigenvalue weighted by molar-refractivity contribution is 6.05. The quantitative estimate of drug-likeness (QED) is 0.0554. The summed E-state index contributed by atoms with van der Waals surface area (Å²) in [6.07, 6.45) is -4.09. The normalized spacial score (nSPS) is 16.1. The number of ether oxygens (including phenoxy) is 5. The summed E-state index contributed by atoms with van der Waals surface area (Å²) in [5.74, 6) is -4.23. The molecule has 17 heteroatoms. The number of benzene rings is 5. The fraction of sp³-hybridized carbons (Fsp3) is 0.255. The Hall–Kier alpha value is -7.17. The number of nitrogens with zero attached hydrogens (tertiary/aromatic N) is 2. The largest absolute Gasteiger partial charge is 0.489 e. The van der Waals surface area contributed by atoms with Crippen molar-refractivity contribution in [1.29, 1.82) is 0 Å². The van der Waals surface area contributed by atoms with Crippen LogP contribution in [-0.2, 0) is 38.7 Å². The molecule has 64 heavy (non-hydrogen) atoms. The van der Waals surface area contributed by atoms with Crippen molar-refractivity contribution in [3.8, 4) is 23.0 Å². The number of cyclic esters (lactones) is 2. The summed E-state index contributed by atoms with van der Waals surface area (Å²) in [5, 5.41) is 2.88. The molecule has 2 aliphatic rings. The van der Waals surface area contributed by atoms with Crippen molar-refractivity contribution in [3.05, 3.63) is 149 Å². The Kier molecular flexibility index (Phi) is 13.7. The van der Waals surface area contributed by atoms with Gasteiger partial charge in [0.1, 0.15) is 36.2 Å². The first-order chi connectivity index (χ1) is 30.6. The van der Waals surface area contributed by atoms with Gasteiger partial charge in [-0.3, -0.25) is 4.79 Å². The van der Waals surface area contributed by atoms with Gasteiger partial charge in [-0.1, -0.05) is 74.7 Å². The third-order valence-electron chi connectivity index (χ3n) is 10.0. The average molecular weight is 888 g/mol. The summed E-state index contributed by atoms with van der Waals surface area (Å²) in [4.78, 5) is 44.8. The van der Waals surface area contributed by atoms with Crippen molar-refractivity contribution in [3.63, 3.8) is 0 Å². The lowest BCUT2D eigenvalue weighted by atomic mass is 10.0. The van der Waals surface area contributed by atoms with E-state index >= 15 is 0 Å². The molecule has 5 aromatic carbocycles.